The van der Waals surface area contributed by atoms with Gasteiger partial charge in [0.15, 0.2) is 0 Å². The molecule has 0 N–H and O–H groups in total. The van der Waals surface area contributed by atoms with Gasteiger partial charge < -0.3 is 0 Å². The molecule has 2 nitrogen and oxygen atoms in total. The lowest BCUT2D eigenvalue weighted by molar-refractivity contribution is 0.492. The molecule has 0 bridgehead atoms. The number of rotatable bonds is 1. The number of nitrogens with zero attached hydrogens (tertiary/aromatic N) is 2. The second-order valence-corrected chi connectivity index (χ2v) is 3.35. The van der Waals surface area contributed by atoms with E-state index < -0.39 is 0 Å². The molecule has 68 valence electrons. The van der Waals surface area contributed by atoms with E-state index in [4.69, 9.17) is 0 Å². The molecule has 1 heterocycles. The average Bonchev–Trinajstić information content (AvgIpc) is 2.45. The van der Waals surface area contributed by atoms with Gasteiger partial charge in [0.05, 0.1) is 10.9 Å². The molecular formula is C10H11FN2. The van der Waals surface area contributed by atoms with Gasteiger partial charge in [-0.2, -0.15) is 4.39 Å². The molecule has 0 saturated carbocycles. The zero-order valence-corrected chi connectivity index (χ0v) is 7.66. The maximum absolute atomic E-state index is 13.2. The van der Waals surface area contributed by atoms with Crippen LogP contribution in [0.3, 0.4) is 0 Å². The summed E-state index contributed by atoms with van der Waals surface area (Å²) in [6.07, 6.45) is 0. The smallest absolute Gasteiger partial charge is 0.240 e. The van der Waals surface area contributed by atoms with Crippen molar-refractivity contribution in [1.82, 2.24) is 9.78 Å². The van der Waals surface area contributed by atoms with Crippen molar-refractivity contribution in [2.45, 2.75) is 19.9 Å². The fraction of sp³-hybridized carbons (Fsp3) is 0.300. The largest absolute Gasteiger partial charge is 0.259 e. The Hall–Kier alpha value is -1.38. The van der Waals surface area contributed by atoms with Crippen molar-refractivity contribution in [1.29, 1.82) is 0 Å². The maximum atomic E-state index is 13.2. The third-order valence-electron chi connectivity index (χ3n) is 2.06. The molecule has 13 heavy (non-hydrogen) atoms. The van der Waals surface area contributed by atoms with E-state index in [1.807, 2.05) is 32.0 Å². The first kappa shape index (κ1) is 8.23. The molecular weight excluding hydrogens is 167 g/mol. The molecule has 0 atom stereocenters. The molecule has 2 rings (SSSR count). The minimum atomic E-state index is -0.385. The molecule has 1 aromatic heterocycles. The highest BCUT2D eigenvalue weighted by molar-refractivity contribution is 5.79. The van der Waals surface area contributed by atoms with E-state index in [0.717, 1.165) is 5.52 Å². The van der Waals surface area contributed by atoms with Gasteiger partial charge >= 0.3 is 0 Å². The molecule has 0 fully saturated rings. The minimum absolute atomic E-state index is 0.189. The Morgan fingerprint density at radius 2 is 2.00 bits per heavy atom. The van der Waals surface area contributed by atoms with Crippen molar-refractivity contribution in [2.24, 2.45) is 0 Å². The van der Waals surface area contributed by atoms with Gasteiger partial charge in [-0.15, -0.1) is 5.10 Å². The number of aromatic nitrogens is 2. The molecule has 2 aromatic rings. The predicted molar refractivity (Wildman–Crippen MR) is 50.1 cm³/mol. The van der Waals surface area contributed by atoms with E-state index in [1.54, 1.807) is 10.7 Å². The summed E-state index contributed by atoms with van der Waals surface area (Å²) >= 11 is 0. The van der Waals surface area contributed by atoms with Crippen molar-refractivity contribution in [2.75, 3.05) is 0 Å². The molecule has 0 saturated heterocycles. The Balaban J connectivity index is 2.78. The summed E-state index contributed by atoms with van der Waals surface area (Å²) < 4.78 is 14.9. The van der Waals surface area contributed by atoms with E-state index in [2.05, 4.69) is 5.10 Å². The molecule has 0 unspecified atom stereocenters. The van der Waals surface area contributed by atoms with Gasteiger partial charge in [0, 0.05) is 6.04 Å². The topological polar surface area (TPSA) is 17.8 Å². The third-order valence-corrected chi connectivity index (χ3v) is 2.06. The van der Waals surface area contributed by atoms with E-state index >= 15 is 0 Å². The second kappa shape index (κ2) is 2.83. The summed E-state index contributed by atoms with van der Waals surface area (Å²) in [6.45, 7) is 3.97. The highest BCUT2D eigenvalue weighted by atomic mass is 19.1. The molecule has 0 spiro atoms. The van der Waals surface area contributed by atoms with Gasteiger partial charge in [-0.3, -0.25) is 4.68 Å². The van der Waals surface area contributed by atoms with Crippen LogP contribution in [0, 0.1) is 5.95 Å². The normalized spacial score (nSPS) is 11.4. The first-order chi connectivity index (χ1) is 6.20. The van der Waals surface area contributed by atoms with Gasteiger partial charge in [-0.1, -0.05) is 12.1 Å². The molecule has 0 radical (unpaired) electrons. The zero-order chi connectivity index (χ0) is 9.42. The predicted octanol–water partition coefficient (Wildman–Crippen LogP) is 2.76. The van der Waals surface area contributed by atoms with E-state index in [0.29, 0.717) is 5.39 Å². The van der Waals surface area contributed by atoms with Crippen LogP contribution < -0.4 is 0 Å². The molecule has 0 aliphatic carbocycles. The average molecular weight is 178 g/mol. The number of hydrogen-bond acceptors (Lipinski definition) is 1. The summed E-state index contributed by atoms with van der Waals surface area (Å²) in [5.41, 5.74) is 0.856. The van der Waals surface area contributed by atoms with E-state index in [-0.39, 0.29) is 12.0 Å². The Bertz CT molecular complexity index is 431. The number of benzene rings is 1. The standard InChI is InChI=1S/C10H11FN2/c1-7(2)13-9-6-4-3-5-8(9)10(11)12-13/h3-7H,1-2H3. The maximum Gasteiger partial charge on any atom is 0.240 e. The quantitative estimate of drug-likeness (QED) is 0.656. The van der Waals surface area contributed by atoms with Gasteiger partial charge in [0.2, 0.25) is 5.95 Å². The van der Waals surface area contributed by atoms with Crippen LogP contribution in [0.15, 0.2) is 24.3 Å². The highest BCUT2D eigenvalue weighted by Gasteiger charge is 2.10. The number of fused-ring (bicyclic) bond motifs is 1. The van der Waals surface area contributed by atoms with Crippen LogP contribution in [0.25, 0.3) is 10.9 Å². The lowest BCUT2D eigenvalue weighted by Crippen LogP contribution is -2.02. The van der Waals surface area contributed by atoms with Gasteiger partial charge in [-0.05, 0) is 26.0 Å². The van der Waals surface area contributed by atoms with Gasteiger partial charge in [0.1, 0.15) is 0 Å². The molecule has 0 aliphatic heterocycles. The Morgan fingerprint density at radius 1 is 1.31 bits per heavy atom. The number of halogens is 1. The van der Waals surface area contributed by atoms with Crippen molar-refractivity contribution in [3.8, 4) is 0 Å². The summed E-state index contributed by atoms with van der Waals surface area (Å²) in [5, 5.41) is 4.43. The lowest BCUT2D eigenvalue weighted by atomic mass is 10.2. The van der Waals surface area contributed by atoms with Crippen molar-refractivity contribution in [3.05, 3.63) is 30.2 Å². The van der Waals surface area contributed by atoms with Crippen LogP contribution in [-0.4, -0.2) is 9.78 Å². The van der Waals surface area contributed by atoms with Crippen LogP contribution in [0.2, 0.25) is 0 Å². The Morgan fingerprint density at radius 3 is 2.69 bits per heavy atom. The van der Waals surface area contributed by atoms with E-state index in [9.17, 15) is 4.39 Å². The summed E-state index contributed by atoms with van der Waals surface area (Å²) in [5.74, 6) is -0.385. The summed E-state index contributed by atoms with van der Waals surface area (Å²) in [4.78, 5) is 0. The highest BCUT2D eigenvalue weighted by Crippen LogP contribution is 2.19. The van der Waals surface area contributed by atoms with Crippen LogP contribution in [-0.2, 0) is 0 Å². The minimum Gasteiger partial charge on any atom is -0.259 e. The zero-order valence-electron chi connectivity index (χ0n) is 7.66. The Kier molecular flexibility index (Phi) is 1.79. The molecule has 1 aromatic carbocycles. The number of hydrogen-bond donors (Lipinski definition) is 0. The number of para-hydroxylation sites is 1. The van der Waals surface area contributed by atoms with Crippen molar-refractivity contribution < 1.29 is 4.39 Å². The van der Waals surface area contributed by atoms with Crippen LogP contribution >= 0.6 is 0 Å². The Labute approximate surface area is 76.0 Å². The fourth-order valence-electron chi connectivity index (χ4n) is 1.44. The van der Waals surface area contributed by atoms with E-state index in [1.165, 1.54) is 0 Å². The van der Waals surface area contributed by atoms with Gasteiger partial charge in [-0.25, -0.2) is 0 Å². The molecule has 0 aliphatic rings. The molecule has 3 heteroatoms. The first-order valence-corrected chi connectivity index (χ1v) is 4.33. The second-order valence-electron chi connectivity index (χ2n) is 3.35. The first-order valence-electron chi connectivity index (χ1n) is 4.33. The molecule has 0 amide bonds. The van der Waals surface area contributed by atoms with Crippen LogP contribution in [0.5, 0.6) is 0 Å². The van der Waals surface area contributed by atoms with Gasteiger partial charge in [0.25, 0.3) is 0 Å². The van der Waals surface area contributed by atoms with Crippen LogP contribution in [0.4, 0.5) is 4.39 Å². The summed E-state index contributed by atoms with van der Waals surface area (Å²) in [7, 11) is 0. The SMILES string of the molecule is CC(C)n1nc(F)c2ccccc21. The lowest BCUT2D eigenvalue weighted by Gasteiger charge is -2.05. The third kappa shape index (κ3) is 1.20. The van der Waals surface area contributed by atoms with Crippen molar-refractivity contribution >= 4 is 10.9 Å². The fourth-order valence-corrected chi connectivity index (χ4v) is 1.44. The summed E-state index contributed by atoms with van der Waals surface area (Å²) in [6, 6.07) is 7.52. The van der Waals surface area contributed by atoms with Crippen molar-refractivity contribution in [3.63, 3.8) is 0 Å². The monoisotopic (exact) mass is 178 g/mol. The van der Waals surface area contributed by atoms with Crippen LogP contribution in [0.1, 0.15) is 19.9 Å².